The second kappa shape index (κ2) is 7.11. The summed E-state index contributed by atoms with van der Waals surface area (Å²) >= 11 is 0. The van der Waals surface area contributed by atoms with Crippen molar-refractivity contribution in [2.24, 2.45) is 0 Å². The predicted octanol–water partition coefficient (Wildman–Crippen LogP) is 3.50. The van der Waals surface area contributed by atoms with Gasteiger partial charge >= 0.3 is 0 Å². The highest BCUT2D eigenvalue weighted by Gasteiger charge is 2.33. The van der Waals surface area contributed by atoms with E-state index in [1.54, 1.807) is 31.2 Å². The Balaban J connectivity index is 1.84. The zero-order chi connectivity index (χ0) is 18.9. The third kappa shape index (κ3) is 4.07. The molecule has 6 heteroatoms. The largest absolute Gasteiger partial charge is 0.486 e. The Kier molecular flexibility index (Phi) is 5.05. The zero-order valence-electron chi connectivity index (χ0n) is 15.2. The predicted molar refractivity (Wildman–Crippen MR) is 102 cm³/mol. The van der Waals surface area contributed by atoms with Crippen LogP contribution in [0.5, 0.6) is 5.75 Å². The van der Waals surface area contributed by atoms with Gasteiger partial charge in [0.1, 0.15) is 11.9 Å². The molecular weight excluding hydrogens is 350 g/mol. The van der Waals surface area contributed by atoms with Crippen molar-refractivity contribution in [1.82, 2.24) is 0 Å². The standard InChI is InChI=1S/C20H23NO4S/c1-14-12-20(18-6-4-5-7-19(18)21(14)15(2)22)25-17-10-8-16(9-11-17)13-26(3,23)24/h4-11,14,20H,12-13H2,1-3H3. The van der Waals surface area contributed by atoms with Gasteiger partial charge in [0, 0.05) is 31.2 Å². The maximum absolute atomic E-state index is 12.0. The second-order valence-electron chi connectivity index (χ2n) is 6.85. The van der Waals surface area contributed by atoms with E-state index in [0.717, 1.165) is 16.8 Å². The van der Waals surface area contributed by atoms with Gasteiger partial charge in [0.15, 0.2) is 9.84 Å². The maximum Gasteiger partial charge on any atom is 0.224 e. The third-order valence-corrected chi connectivity index (χ3v) is 5.37. The van der Waals surface area contributed by atoms with E-state index in [0.29, 0.717) is 12.2 Å². The van der Waals surface area contributed by atoms with Gasteiger partial charge in [0.05, 0.1) is 11.4 Å². The van der Waals surface area contributed by atoms with E-state index >= 15 is 0 Å². The summed E-state index contributed by atoms with van der Waals surface area (Å²) in [6.45, 7) is 3.60. The van der Waals surface area contributed by atoms with Crippen molar-refractivity contribution >= 4 is 21.4 Å². The Labute approximate surface area is 154 Å². The molecule has 0 spiro atoms. The topological polar surface area (TPSA) is 63.7 Å². The molecule has 138 valence electrons. The monoisotopic (exact) mass is 373 g/mol. The fourth-order valence-corrected chi connectivity index (χ4v) is 4.28. The van der Waals surface area contributed by atoms with Crippen molar-refractivity contribution in [1.29, 1.82) is 0 Å². The van der Waals surface area contributed by atoms with Crippen LogP contribution in [0.2, 0.25) is 0 Å². The minimum atomic E-state index is -3.06. The average Bonchev–Trinajstić information content (AvgIpc) is 2.55. The Bertz CT molecular complexity index is 906. The molecule has 0 aromatic heterocycles. The molecule has 0 saturated heterocycles. The lowest BCUT2D eigenvalue weighted by atomic mass is 9.93. The van der Waals surface area contributed by atoms with Gasteiger partial charge in [-0.1, -0.05) is 30.3 Å². The van der Waals surface area contributed by atoms with E-state index in [4.69, 9.17) is 4.74 Å². The highest BCUT2D eigenvalue weighted by molar-refractivity contribution is 7.89. The van der Waals surface area contributed by atoms with Crippen LogP contribution in [0.4, 0.5) is 5.69 Å². The highest BCUT2D eigenvalue weighted by Crippen LogP contribution is 2.39. The molecule has 2 atom stereocenters. The first-order valence-electron chi connectivity index (χ1n) is 8.56. The molecule has 2 aromatic carbocycles. The smallest absolute Gasteiger partial charge is 0.224 e. The molecule has 2 aromatic rings. The summed E-state index contributed by atoms with van der Waals surface area (Å²) < 4.78 is 29.0. The van der Waals surface area contributed by atoms with Crippen molar-refractivity contribution in [3.63, 3.8) is 0 Å². The minimum Gasteiger partial charge on any atom is -0.486 e. The number of benzene rings is 2. The third-order valence-electron chi connectivity index (χ3n) is 4.51. The number of sulfone groups is 1. The molecule has 2 unspecified atom stereocenters. The molecule has 0 fully saturated rings. The first-order chi connectivity index (χ1) is 12.2. The van der Waals surface area contributed by atoms with E-state index in [1.165, 1.54) is 6.26 Å². The van der Waals surface area contributed by atoms with Gasteiger partial charge in [-0.3, -0.25) is 4.79 Å². The number of rotatable bonds is 4. The first kappa shape index (κ1) is 18.5. The normalized spacial score (nSPS) is 19.7. The molecule has 1 aliphatic rings. The molecule has 0 saturated carbocycles. The molecule has 0 bridgehead atoms. The van der Waals surface area contributed by atoms with Crippen LogP contribution in [-0.2, 0) is 20.4 Å². The lowest BCUT2D eigenvalue weighted by molar-refractivity contribution is -0.117. The van der Waals surface area contributed by atoms with E-state index in [1.807, 2.05) is 36.1 Å². The molecule has 1 aliphatic heterocycles. The van der Waals surface area contributed by atoms with Gasteiger partial charge in [0.2, 0.25) is 5.91 Å². The average molecular weight is 373 g/mol. The van der Waals surface area contributed by atoms with Crippen LogP contribution < -0.4 is 9.64 Å². The Hall–Kier alpha value is -2.34. The maximum atomic E-state index is 12.0. The molecule has 1 amide bonds. The van der Waals surface area contributed by atoms with E-state index < -0.39 is 9.84 Å². The van der Waals surface area contributed by atoms with Crippen molar-refractivity contribution in [3.8, 4) is 5.75 Å². The summed E-state index contributed by atoms with van der Waals surface area (Å²) in [6.07, 6.45) is 1.76. The van der Waals surface area contributed by atoms with Crippen molar-refractivity contribution in [3.05, 3.63) is 59.7 Å². The number of ether oxygens (including phenoxy) is 1. The van der Waals surface area contributed by atoms with Crippen molar-refractivity contribution in [2.75, 3.05) is 11.2 Å². The summed E-state index contributed by atoms with van der Waals surface area (Å²) in [7, 11) is -3.06. The first-order valence-corrected chi connectivity index (χ1v) is 10.6. The molecule has 0 aliphatic carbocycles. The van der Waals surface area contributed by atoms with Crippen LogP contribution in [0.3, 0.4) is 0 Å². The molecule has 3 rings (SSSR count). The fourth-order valence-electron chi connectivity index (χ4n) is 3.48. The number of fused-ring (bicyclic) bond motifs is 1. The van der Waals surface area contributed by atoms with Crippen LogP contribution in [0, 0.1) is 0 Å². The lowest BCUT2D eigenvalue weighted by Crippen LogP contribution is -2.42. The Morgan fingerprint density at radius 1 is 1.15 bits per heavy atom. The summed E-state index contributed by atoms with van der Waals surface area (Å²) in [5, 5.41) is 0. The lowest BCUT2D eigenvalue weighted by Gasteiger charge is -2.38. The van der Waals surface area contributed by atoms with Crippen LogP contribution in [0.25, 0.3) is 0 Å². The second-order valence-corrected chi connectivity index (χ2v) is 8.99. The van der Waals surface area contributed by atoms with Crippen LogP contribution in [0.1, 0.15) is 37.5 Å². The highest BCUT2D eigenvalue weighted by atomic mass is 32.2. The SMILES string of the molecule is CC(=O)N1c2ccccc2C(Oc2ccc(CS(C)(=O)=O)cc2)CC1C. The number of carbonyl (C=O) groups excluding carboxylic acids is 1. The van der Waals surface area contributed by atoms with E-state index in [-0.39, 0.29) is 23.8 Å². The summed E-state index contributed by atoms with van der Waals surface area (Å²) in [6, 6.07) is 15.0. The molecule has 5 nitrogen and oxygen atoms in total. The van der Waals surface area contributed by atoms with Gasteiger partial charge < -0.3 is 9.64 Å². The molecule has 0 radical (unpaired) electrons. The number of para-hydroxylation sites is 1. The van der Waals surface area contributed by atoms with Crippen molar-refractivity contribution in [2.45, 2.75) is 38.2 Å². The van der Waals surface area contributed by atoms with Gasteiger partial charge in [-0.25, -0.2) is 8.42 Å². The summed E-state index contributed by atoms with van der Waals surface area (Å²) in [5.74, 6) is 0.725. The van der Waals surface area contributed by atoms with Gasteiger partial charge in [-0.2, -0.15) is 0 Å². The van der Waals surface area contributed by atoms with Gasteiger partial charge in [-0.05, 0) is 30.7 Å². The van der Waals surface area contributed by atoms with Gasteiger partial charge in [-0.15, -0.1) is 0 Å². The Morgan fingerprint density at radius 2 is 1.81 bits per heavy atom. The number of anilines is 1. The number of hydrogen-bond acceptors (Lipinski definition) is 4. The zero-order valence-corrected chi connectivity index (χ0v) is 16.0. The van der Waals surface area contributed by atoms with Crippen LogP contribution in [0.15, 0.2) is 48.5 Å². The minimum absolute atomic E-state index is 0.0180. The summed E-state index contributed by atoms with van der Waals surface area (Å²) in [5.41, 5.74) is 2.61. The van der Waals surface area contributed by atoms with Gasteiger partial charge in [0.25, 0.3) is 0 Å². The number of amides is 1. The quantitative estimate of drug-likeness (QED) is 0.823. The Morgan fingerprint density at radius 3 is 2.42 bits per heavy atom. The van der Waals surface area contributed by atoms with Crippen molar-refractivity contribution < 1.29 is 17.9 Å². The van der Waals surface area contributed by atoms with Crippen LogP contribution >= 0.6 is 0 Å². The molecule has 1 heterocycles. The van der Waals surface area contributed by atoms with E-state index in [2.05, 4.69) is 0 Å². The fraction of sp³-hybridized carbons (Fsp3) is 0.350. The molecule has 26 heavy (non-hydrogen) atoms. The summed E-state index contributed by atoms with van der Waals surface area (Å²) in [4.78, 5) is 13.8. The number of hydrogen-bond donors (Lipinski definition) is 0. The molecular formula is C20H23NO4S. The number of nitrogens with zero attached hydrogens (tertiary/aromatic N) is 1. The van der Waals surface area contributed by atoms with E-state index in [9.17, 15) is 13.2 Å². The number of carbonyl (C=O) groups is 1. The molecule has 0 N–H and O–H groups in total. The van der Waals surface area contributed by atoms with Crippen LogP contribution in [-0.4, -0.2) is 26.6 Å².